The van der Waals surface area contributed by atoms with Gasteiger partial charge in [-0.1, -0.05) is 45.2 Å². The highest BCUT2D eigenvalue weighted by atomic mass is 19.1. The Morgan fingerprint density at radius 1 is 1.32 bits per heavy atom. The molecule has 3 heteroatoms. The number of unbranched alkanes of at least 4 members (excludes halogenated alkanes) is 1. The van der Waals surface area contributed by atoms with E-state index >= 15 is 0 Å². The lowest BCUT2D eigenvalue weighted by Gasteiger charge is -2.15. The molecule has 19 heavy (non-hydrogen) atoms. The molecule has 0 spiro atoms. The molecular weight excluding hydrogens is 241 g/mol. The largest absolute Gasteiger partial charge is 0.494 e. The zero-order valence-electron chi connectivity index (χ0n) is 12.3. The standard InChI is InChI=1S/C16H26FNO/c1-4-6-8-13(5-2)11-18-12-14-9-7-10-15(19-3)16(14)17/h7,9-10,13,18H,4-6,8,11-12H2,1-3H3. The molecule has 0 amide bonds. The Labute approximate surface area is 116 Å². The molecule has 0 heterocycles. The van der Waals surface area contributed by atoms with Crippen molar-refractivity contribution < 1.29 is 9.13 Å². The molecule has 108 valence electrons. The molecule has 0 aliphatic heterocycles. The van der Waals surface area contributed by atoms with Crippen molar-refractivity contribution in [2.45, 2.75) is 46.1 Å². The summed E-state index contributed by atoms with van der Waals surface area (Å²) in [6.07, 6.45) is 4.93. The van der Waals surface area contributed by atoms with Crippen LogP contribution in [0.3, 0.4) is 0 Å². The first kappa shape index (κ1) is 16.0. The topological polar surface area (TPSA) is 21.3 Å². The van der Waals surface area contributed by atoms with Crippen molar-refractivity contribution in [1.29, 1.82) is 0 Å². The Kier molecular flexibility index (Phi) is 7.49. The molecule has 1 aromatic carbocycles. The molecule has 1 atom stereocenters. The number of methoxy groups -OCH3 is 1. The maximum absolute atomic E-state index is 13.9. The first-order valence-corrected chi connectivity index (χ1v) is 7.24. The maximum Gasteiger partial charge on any atom is 0.169 e. The number of ether oxygens (including phenoxy) is 1. The average Bonchev–Trinajstić information content (AvgIpc) is 2.44. The van der Waals surface area contributed by atoms with E-state index in [1.165, 1.54) is 32.8 Å². The molecule has 0 radical (unpaired) electrons. The molecule has 0 aliphatic carbocycles. The molecule has 1 N–H and O–H groups in total. The van der Waals surface area contributed by atoms with Gasteiger partial charge in [-0.05, 0) is 24.9 Å². The summed E-state index contributed by atoms with van der Waals surface area (Å²) in [5, 5.41) is 3.36. The Morgan fingerprint density at radius 2 is 2.11 bits per heavy atom. The fourth-order valence-electron chi connectivity index (χ4n) is 2.20. The summed E-state index contributed by atoms with van der Waals surface area (Å²) in [5.74, 6) is 0.755. The Hall–Kier alpha value is -1.09. The molecule has 1 unspecified atom stereocenters. The van der Waals surface area contributed by atoms with Crippen molar-refractivity contribution in [2.75, 3.05) is 13.7 Å². The lowest BCUT2D eigenvalue weighted by Crippen LogP contribution is -2.22. The van der Waals surface area contributed by atoms with E-state index in [2.05, 4.69) is 19.2 Å². The van der Waals surface area contributed by atoms with Gasteiger partial charge in [-0.3, -0.25) is 0 Å². The molecule has 0 fully saturated rings. The summed E-state index contributed by atoms with van der Waals surface area (Å²) in [6.45, 7) is 5.94. The number of hydrogen-bond donors (Lipinski definition) is 1. The zero-order chi connectivity index (χ0) is 14.1. The van der Waals surface area contributed by atoms with Crippen molar-refractivity contribution in [3.8, 4) is 5.75 Å². The number of halogens is 1. The minimum Gasteiger partial charge on any atom is -0.494 e. The van der Waals surface area contributed by atoms with Crippen molar-refractivity contribution in [2.24, 2.45) is 5.92 Å². The summed E-state index contributed by atoms with van der Waals surface area (Å²) in [5.41, 5.74) is 0.671. The van der Waals surface area contributed by atoms with E-state index in [0.717, 1.165) is 6.54 Å². The van der Waals surface area contributed by atoms with E-state index in [0.29, 0.717) is 23.8 Å². The average molecular weight is 267 g/mol. The van der Waals surface area contributed by atoms with Crippen molar-refractivity contribution in [3.05, 3.63) is 29.6 Å². The lowest BCUT2D eigenvalue weighted by atomic mass is 9.99. The minimum absolute atomic E-state index is 0.251. The predicted octanol–water partition coefficient (Wildman–Crippen LogP) is 4.14. The van der Waals surface area contributed by atoms with Gasteiger partial charge >= 0.3 is 0 Å². The van der Waals surface area contributed by atoms with Crippen LogP contribution < -0.4 is 10.1 Å². The van der Waals surface area contributed by atoms with Crippen molar-refractivity contribution in [3.63, 3.8) is 0 Å². The van der Waals surface area contributed by atoms with Gasteiger partial charge in [-0.2, -0.15) is 0 Å². The second-order valence-electron chi connectivity index (χ2n) is 4.98. The van der Waals surface area contributed by atoms with Gasteiger partial charge in [-0.15, -0.1) is 0 Å². The van der Waals surface area contributed by atoms with Crippen LogP contribution >= 0.6 is 0 Å². The normalized spacial score (nSPS) is 12.4. The Morgan fingerprint density at radius 3 is 2.74 bits per heavy atom. The molecule has 0 saturated carbocycles. The van der Waals surface area contributed by atoms with Gasteiger partial charge in [-0.25, -0.2) is 4.39 Å². The smallest absolute Gasteiger partial charge is 0.169 e. The minimum atomic E-state index is -0.251. The third-order valence-electron chi connectivity index (χ3n) is 3.55. The number of hydrogen-bond acceptors (Lipinski definition) is 2. The fraction of sp³-hybridized carbons (Fsp3) is 0.625. The molecule has 1 aromatic rings. The first-order valence-electron chi connectivity index (χ1n) is 7.24. The van der Waals surface area contributed by atoms with Crippen LogP contribution in [0.5, 0.6) is 5.75 Å². The second-order valence-corrected chi connectivity index (χ2v) is 4.98. The van der Waals surface area contributed by atoms with Gasteiger partial charge in [0.2, 0.25) is 0 Å². The van der Waals surface area contributed by atoms with Gasteiger partial charge in [0, 0.05) is 12.1 Å². The monoisotopic (exact) mass is 267 g/mol. The van der Waals surface area contributed by atoms with Crippen molar-refractivity contribution >= 4 is 0 Å². The number of nitrogens with one attached hydrogen (secondary N) is 1. The molecule has 0 aliphatic rings. The van der Waals surface area contributed by atoms with Gasteiger partial charge in [0.25, 0.3) is 0 Å². The zero-order valence-corrected chi connectivity index (χ0v) is 12.3. The Bertz CT molecular complexity index is 368. The third kappa shape index (κ3) is 5.19. The van der Waals surface area contributed by atoms with E-state index in [9.17, 15) is 4.39 Å². The van der Waals surface area contributed by atoms with Crippen LogP contribution in [0.4, 0.5) is 4.39 Å². The quantitative estimate of drug-likeness (QED) is 0.726. The summed E-state index contributed by atoms with van der Waals surface area (Å²) >= 11 is 0. The summed E-state index contributed by atoms with van der Waals surface area (Å²) in [6, 6.07) is 5.28. The van der Waals surface area contributed by atoms with Crippen molar-refractivity contribution in [1.82, 2.24) is 5.32 Å². The second kappa shape index (κ2) is 8.92. The molecule has 0 aromatic heterocycles. The van der Waals surface area contributed by atoms with Crippen LogP contribution in [0.2, 0.25) is 0 Å². The maximum atomic E-state index is 13.9. The Balaban J connectivity index is 2.44. The van der Waals surface area contributed by atoms with E-state index < -0.39 is 0 Å². The predicted molar refractivity (Wildman–Crippen MR) is 78.0 cm³/mol. The van der Waals surface area contributed by atoms with Crippen LogP contribution in [0.15, 0.2) is 18.2 Å². The van der Waals surface area contributed by atoms with E-state index in [1.54, 1.807) is 12.1 Å². The van der Waals surface area contributed by atoms with Crippen LogP contribution in [-0.2, 0) is 6.54 Å². The summed E-state index contributed by atoms with van der Waals surface area (Å²) in [7, 11) is 1.49. The highest BCUT2D eigenvalue weighted by molar-refractivity contribution is 5.30. The third-order valence-corrected chi connectivity index (χ3v) is 3.55. The van der Waals surface area contributed by atoms with Gasteiger partial charge in [0.15, 0.2) is 11.6 Å². The van der Waals surface area contributed by atoms with E-state index in [1.807, 2.05) is 6.07 Å². The van der Waals surface area contributed by atoms with E-state index in [-0.39, 0.29) is 5.82 Å². The first-order chi connectivity index (χ1) is 9.22. The van der Waals surface area contributed by atoms with Gasteiger partial charge in [0.05, 0.1) is 7.11 Å². The molecular formula is C16H26FNO. The fourth-order valence-corrected chi connectivity index (χ4v) is 2.20. The molecule has 0 saturated heterocycles. The molecule has 2 nitrogen and oxygen atoms in total. The van der Waals surface area contributed by atoms with E-state index in [4.69, 9.17) is 4.74 Å². The van der Waals surface area contributed by atoms with Crippen LogP contribution in [-0.4, -0.2) is 13.7 Å². The summed E-state index contributed by atoms with van der Waals surface area (Å²) in [4.78, 5) is 0. The van der Waals surface area contributed by atoms with Crippen LogP contribution in [0.1, 0.15) is 45.1 Å². The molecule has 0 bridgehead atoms. The highest BCUT2D eigenvalue weighted by Gasteiger charge is 2.09. The lowest BCUT2D eigenvalue weighted by molar-refractivity contribution is 0.381. The number of benzene rings is 1. The van der Waals surface area contributed by atoms with Gasteiger partial charge < -0.3 is 10.1 Å². The van der Waals surface area contributed by atoms with Crippen LogP contribution in [0.25, 0.3) is 0 Å². The van der Waals surface area contributed by atoms with Crippen LogP contribution in [0, 0.1) is 11.7 Å². The number of rotatable bonds is 9. The molecule has 1 rings (SSSR count). The SMILES string of the molecule is CCCCC(CC)CNCc1cccc(OC)c1F. The highest BCUT2D eigenvalue weighted by Crippen LogP contribution is 2.20. The van der Waals surface area contributed by atoms with Gasteiger partial charge in [0.1, 0.15) is 0 Å². The summed E-state index contributed by atoms with van der Waals surface area (Å²) < 4.78 is 18.9.